The molecule has 0 fully saturated rings. The van der Waals surface area contributed by atoms with Gasteiger partial charge in [-0.2, -0.15) is 0 Å². The van der Waals surface area contributed by atoms with Gasteiger partial charge in [0.25, 0.3) is 0 Å². The zero-order valence-corrected chi connectivity index (χ0v) is 11.6. The number of hydrogen-bond donors (Lipinski definition) is 3. The molecule has 102 valence electrons. The van der Waals surface area contributed by atoms with E-state index >= 15 is 0 Å². The molecular formula is C12H19NO4S. The molecule has 0 saturated carbocycles. The van der Waals surface area contributed by atoms with E-state index in [2.05, 4.69) is 4.72 Å². The van der Waals surface area contributed by atoms with E-state index in [1.165, 1.54) is 0 Å². The molecule has 0 aromatic heterocycles. The van der Waals surface area contributed by atoms with E-state index in [4.69, 9.17) is 10.2 Å². The minimum Gasteiger partial charge on any atom is -0.395 e. The maximum absolute atomic E-state index is 12.2. The summed E-state index contributed by atoms with van der Waals surface area (Å²) in [5.74, 6) is 0. The minimum atomic E-state index is -3.73. The smallest absolute Gasteiger partial charge is 0.241 e. The lowest BCUT2D eigenvalue weighted by atomic mass is 10.1. The normalized spacial score (nSPS) is 12.1. The fourth-order valence-electron chi connectivity index (χ4n) is 2.00. The molecule has 0 unspecified atom stereocenters. The van der Waals surface area contributed by atoms with Gasteiger partial charge >= 0.3 is 0 Å². The van der Waals surface area contributed by atoms with Crippen molar-refractivity contribution in [3.05, 3.63) is 28.8 Å². The van der Waals surface area contributed by atoms with E-state index < -0.39 is 29.3 Å². The largest absolute Gasteiger partial charge is 0.395 e. The Morgan fingerprint density at radius 1 is 1.11 bits per heavy atom. The Hall–Kier alpha value is -0.950. The van der Waals surface area contributed by atoms with Crippen molar-refractivity contribution in [1.29, 1.82) is 0 Å². The molecule has 0 radical (unpaired) electrons. The van der Waals surface area contributed by atoms with Crippen LogP contribution in [0.25, 0.3) is 0 Å². The number of rotatable bonds is 5. The molecule has 0 heterocycles. The molecule has 0 aliphatic rings. The van der Waals surface area contributed by atoms with Crippen molar-refractivity contribution in [2.45, 2.75) is 31.7 Å². The number of aryl methyl sites for hydroxylation is 3. The van der Waals surface area contributed by atoms with Gasteiger partial charge in [0.1, 0.15) is 0 Å². The van der Waals surface area contributed by atoms with Crippen LogP contribution >= 0.6 is 0 Å². The monoisotopic (exact) mass is 273 g/mol. The average Bonchev–Trinajstić information content (AvgIpc) is 2.23. The van der Waals surface area contributed by atoms with Crippen molar-refractivity contribution in [3.8, 4) is 0 Å². The molecule has 1 aromatic carbocycles. The van der Waals surface area contributed by atoms with Crippen LogP contribution in [0.3, 0.4) is 0 Å². The Kier molecular flexibility index (Phi) is 4.86. The lowest BCUT2D eigenvalue weighted by Crippen LogP contribution is -2.40. The SMILES string of the molecule is Cc1cc(C)c(S(=O)(=O)NC(CO)CO)c(C)c1. The van der Waals surface area contributed by atoms with Gasteiger partial charge in [0.05, 0.1) is 24.2 Å². The van der Waals surface area contributed by atoms with Crippen molar-refractivity contribution in [3.63, 3.8) is 0 Å². The second kappa shape index (κ2) is 5.79. The summed E-state index contributed by atoms with van der Waals surface area (Å²) in [7, 11) is -3.73. The molecule has 0 saturated heterocycles. The number of aliphatic hydroxyl groups excluding tert-OH is 2. The molecule has 1 aromatic rings. The molecule has 0 spiro atoms. The summed E-state index contributed by atoms with van der Waals surface area (Å²) < 4.78 is 26.6. The van der Waals surface area contributed by atoms with Crippen molar-refractivity contribution in [1.82, 2.24) is 4.72 Å². The maximum Gasteiger partial charge on any atom is 0.241 e. The molecule has 6 heteroatoms. The van der Waals surface area contributed by atoms with Gasteiger partial charge in [0, 0.05) is 0 Å². The van der Waals surface area contributed by atoms with Crippen LogP contribution in [-0.4, -0.2) is 37.9 Å². The van der Waals surface area contributed by atoms with Crippen LogP contribution in [0.2, 0.25) is 0 Å². The third kappa shape index (κ3) is 3.29. The van der Waals surface area contributed by atoms with Gasteiger partial charge in [-0.05, 0) is 31.9 Å². The van der Waals surface area contributed by atoms with Crippen molar-refractivity contribution in [2.75, 3.05) is 13.2 Å². The second-order valence-electron chi connectivity index (χ2n) is 4.41. The average molecular weight is 273 g/mol. The number of benzene rings is 1. The van der Waals surface area contributed by atoms with Gasteiger partial charge < -0.3 is 10.2 Å². The summed E-state index contributed by atoms with van der Waals surface area (Å²) in [6.07, 6.45) is 0. The van der Waals surface area contributed by atoms with Crippen LogP contribution in [0.1, 0.15) is 16.7 Å². The standard InChI is InChI=1S/C12H19NO4S/c1-8-4-9(2)12(10(3)5-8)18(16,17)13-11(6-14)7-15/h4-5,11,13-15H,6-7H2,1-3H3. The summed E-state index contributed by atoms with van der Waals surface area (Å²) in [5, 5.41) is 17.9. The van der Waals surface area contributed by atoms with Crippen LogP contribution in [-0.2, 0) is 10.0 Å². The third-order valence-corrected chi connectivity index (χ3v) is 4.46. The van der Waals surface area contributed by atoms with Crippen molar-refractivity contribution >= 4 is 10.0 Å². The van der Waals surface area contributed by atoms with Gasteiger partial charge in [-0.15, -0.1) is 0 Å². The van der Waals surface area contributed by atoms with Gasteiger partial charge in [0.2, 0.25) is 10.0 Å². The Balaban J connectivity index is 3.21. The molecule has 0 amide bonds. The first-order chi connectivity index (χ1) is 8.31. The van der Waals surface area contributed by atoms with Gasteiger partial charge in [0.15, 0.2) is 0 Å². The van der Waals surface area contributed by atoms with E-state index in [9.17, 15) is 8.42 Å². The quantitative estimate of drug-likeness (QED) is 0.717. The van der Waals surface area contributed by atoms with E-state index in [1.807, 2.05) is 6.92 Å². The Bertz CT molecular complexity index is 498. The Morgan fingerprint density at radius 2 is 1.56 bits per heavy atom. The lowest BCUT2D eigenvalue weighted by molar-refractivity contribution is 0.185. The molecule has 0 atom stereocenters. The molecule has 1 rings (SSSR count). The minimum absolute atomic E-state index is 0.208. The van der Waals surface area contributed by atoms with E-state index in [1.54, 1.807) is 26.0 Å². The van der Waals surface area contributed by atoms with Crippen LogP contribution in [0, 0.1) is 20.8 Å². The van der Waals surface area contributed by atoms with Crippen LogP contribution in [0.15, 0.2) is 17.0 Å². The van der Waals surface area contributed by atoms with Crippen molar-refractivity contribution in [2.24, 2.45) is 0 Å². The fraction of sp³-hybridized carbons (Fsp3) is 0.500. The third-order valence-electron chi connectivity index (χ3n) is 2.64. The molecule has 0 aliphatic heterocycles. The molecule has 0 aliphatic carbocycles. The Labute approximate surface area is 108 Å². The van der Waals surface area contributed by atoms with Crippen molar-refractivity contribution < 1.29 is 18.6 Å². The number of aliphatic hydroxyl groups is 2. The van der Waals surface area contributed by atoms with Crippen LogP contribution in [0.5, 0.6) is 0 Å². The summed E-state index contributed by atoms with van der Waals surface area (Å²) in [5.41, 5.74) is 2.29. The molecule has 3 N–H and O–H groups in total. The highest BCUT2D eigenvalue weighted by Crippen LogP contribution is 2.21. The number of nitrogens with one attached hydrogen (secondary N) is 1. The summed E-state index contributed by atoms with van der Waals surface area (Å²) in [6, 6.07) is 2.69. The Morgan fingerprint density at radius 3 is 1.94 bits per heavy atom. The highest BCUT2D eigenvalue weighted by molar-refractivity contribution is 7.89. The summed E-state index contributed by atoms with van der Waals surface area (Å²) in [6.45, 7) is 4.45. The molecular weight excluding hydrogens is 254 g/mol. The molecule has 5 nitrogen and oxygen atoms in total. The highest BCUT2D eigenvalue weighted by Gasteiger charge is 2.23. The first-order valence-corrected chi connectivity index (χ1v) is 7.12. The highest BCUT2D eigenvalue weighted by atomic mass is 32.2. The maximum atomic E-state index is 12.2. The van der Waals surface area contributed by atoms with E-state index in [0.29, 0.717) is 11.1 Å². The molecule has 18 heavy (non-hydrogen) atoms. The number of hydrogen-bond acceptors (Lipinski definition) is 4. The van der Waals surface area contributed by atoms with E-state index in [-0.39, 0.29) is 4.90 Å². The summed E-state index contributed by atoms with van der Waals surface area (Å²) in [4.78, 5) is 0.208. The topological polar surface area (TPSA) is 86.6 Å². The van der Waals surface area contributed by atoms with Gasteiger partial charge in [-0.3, -0.25) is 0 Å². The number of sulfonamides is 1. The van der Waals surface area contributed by atoms with E-state index in [0.717, 1.165) is 5.56 Å². The predicted octanol–water partition coefficient (Wildman–Crippen LogP) is 0.243. The molecule has 0 bridgehead atoms. The van der Waals surface area contributed by atoms with Gasteiger partial charge in [-0.25, -0.2) is 13.1 Å². The first-order valence-electron chi connectivity index (χ1n) is 5.63. The zero-order valence-electron chi connectivity index (χ0n) is 10.8. The first kappa shape index (κ1) is 15.1. The van der Waals surface area contributed by atoms with Crippen LogP contribution < -0.4 is 4.72 Å². The van der Waals surface area contributed by atoms with Gasteiger partial charge in [-0.1, -0.05) is 17.7 Å². The van der Waals surface area contributed by atoms with Crippen LogP contribution in [0.4, 0.5) is 0 Å². The predicted molar refractivity (Wildman–Crippen MR) is 68.9 cm³/mol. The lowest BCUT2D eigenvalue weighted by Gasteiger charge is -2.17. The second-order valence-corrected chi connectivity index (χ2v) is 6.06. The summed E-state index contributed by atoms with van der Waals surface area (Å²) >= 11 is 0. The fourth-order valence-corrected chi connectivity index (χ4v) is 3.67. The zero-order chi connectivity index (χ0) is 13.9.